The molecule has 0 spiro atoms. The van der Waals surface area contributed by atoms with E-state index in [9.17, 15) is 23.5 Å². The molecule has 4 aromatic rings. The highest BCUT2D eigenvalue weighted by Crippen LogP contribution is 2.29. The summed E-state index contributed by atoms with van der Waals surface area (Å²) in [6.45, 7) is 1.58. The number of Topliss-reactive ketones (excluding diaryl/α,β-unsaturated/α-hetero) is 1. The lowest BCUT2D eigenvalue weighted by Crippen LogP contribution is -2.16. The second-order valence-electron chi connectivity index (χ2n) is 8.41. The third-order valence-corrected chi connectivity index (χ3v) is 5.85. The summed E-state index contributed by atoms with van der Waals surface area (Å²) in [6.07, 6.45) is 0.0723. The van der Waals surface area contributed by atoms with Crippen molar-refractivity contribution in [2.24, 2.45) is 5.92 Å². The number of carbonyl (C=O) groups is 2. The molecule has 11 heteroatoms. The average Bonchev–Trinajstić information content (AvgIpc) is 3.31. The molecule has 37 heavy (non-hydrogen) atoms. The van der Waals surface area contributed by atoms with Gasteiger partial charge in [-0.15, -0.1) is 0 Å². The zero-order valence-corrected chi connectivity index (χ0v) is 20.3. The minimum atomic E-state index is -0.999. The fourth-order valence-electron chi connectivity index (χ4n) is 3.57. The number of anilines is 2. The first-order valence-corrected chi connectivity index (χ1v) is 11.6. The van der Waals surface area contributed by atoms with Crippen molar-refractivity contribution in [2.45, 2.75) is 13.3 Å². The molecule has 0 bridgehead atoms. The molecule has 1 amide bonds. The molecule has 2 aromatic heterocycles. The largest absolute Gasteiger partial charge is 0.396 e. The normalized spacial score (nSPS) is 11.8. The third-order valence-electron chi connectivity index (χ3n) is 5.52. The Labute approximate surface area is 215 Å². The Hall–Kier alpha value is -4.15. The molecule has 1 atom stereocenters. The van der Waals surface area contributed by atoms with Crippen LogP contribution in [-0.4, -0.2) is 38.2 Å². The summed E-state index contributed by atoms with van der Waals surface area (Å²) < 4.78 is 29.3. The number of aliphatic hydroxyl groups is 1. The number of amides is 1. The maximum atomic E-state index is 14.4. The Morgan fingerprint density at radius 3 is 2.54 bits per heavy atom. The maximum absolute atomic E-state index is 14.4. The van der Waals surface area contributed by atoms with Crippen LogP contribution in [-0.2, 0) is 0 Å². The predicted molar refractivity (Wildman–Crippen MR) is 136 cm³/mol. The number of para-hydroxylation sites is 1. The first-order valence-electron chi connectivity index (χ1n) is 11.2. The number of nitrogens with one attached hydrogen (secondary N) is 1. The number of ketones is 1. The first kappa shape index (κ1) is 25.9. The van der Waals surface area contributed by atoms with E-state index in [1.165, 1.54) is 28.9 Å². The summed E-state index contributed by atoms with van der Waals surface area (Å²) in [5, 5.41) is 16.4. The van der Waals surface area contributed by atoms with Crippen molar-refractivity contribution in [2.75, 3.05) is 17.7 Å². The van der Waals surface area contributed by atoms with Gasteiger partial charge in [-0.25, -0.2) is 18.4 Å². The van der Waals surface area contributed by atoms with E-state index >= 15 is 0 Å². The van der Waals surface area contributed by atoms with Crippen LogP contribution < -0.4 is 11.1 Å². The molecule has 2 aromatic carbocycles. The summed E-state index contributed by atoms with van der Waals surface area (Å²) in [5.41, 5.74) is 6.06. The molecule has 0 radical (unpaired) electrons. The number of carbonyl (C=O) groups excluding carboxylic acids is 2. The quantitative estimate of drug-likeness (QED) is 0.281. The van der Waals surface area contributed by atoms with E-state index in [0.29, 0.717) is 11.8 Å². The van der Waals surface area contributed by atoms with Crippen LogP contribution in [0.3, 0.4) is 0 Å². The van der Waals surface area contributed by atoms with Gasteiger partial charge in [-0.3, -0.25) is 9.59 Å². The van der Waals surface area contributed by atoms with E-state index in [0.717, 1.165) is 0 Å². The molecule has 0 aliphatic carbocycles. The summed E-state index contributed by atoms with van der Waals surface area (Å²) in [4.78, 5) is 29.7. The Morgan fingerprint density at radius 2 is 1.84 bits per heavy atom. The van der Waals surface area contributed by atoms with Gasteiger partial charge >= 0.3 is 0 Å². The van der Waals surface area contributed by atoms with Gasteiger partial charge in [0, 0.05) is 30.7 Å². The number of aliphatic hydroxyl groups excluding tert-OH is 1. The topological polar surface area (TPSA) is 123 Å². The monoisotopic (exact) mass is 525 g/mol. The van der Waals surface area contributed by atoms with Crippen LogP contribution in [0.1, 0.15) is 34.2 Å². The Kier molecular flexibility index (Phi) is 7.61. The minimum absolute atomic E-state index is 0.0224. The van der Waals surface area contributed by atoms with Crippen molar-refractivity contribution in [1.82, 2.24) is 14.8 Å². The number of benzene rings is 2. The average molecular weight is 526 g/mol. The fraction of sp³-hybridized carbons (Fsp3) is 0.154. The Morgan fingerprint density at radius 1 is 1.11 bits per heavy atom. The van der Waals surface area contributed by atoms with Crippen LogP contribution in [0.4, 0.5) is 20.4 Å². The van der Waals surface area contributed by atoms with Gasteiger partial charge in [0.15, 0.2) is 23.2 Å². The lowest BCUT2D eigenvalue weighted by molar-refractivity contribution is 0.0937. The molecule has 190 valence electrons. The van der Waals surface area contributed by atoms with Crippen LogP contribution in [0.5, 0.6) is 0 Å². The zero-order valence-electron chi connectivity index (χ0n) is 19.6. The second-order valence-corrected chi connectivity index (χ2v) is 8.82. The Balaban J connectivity index is 1.70. The van der Waals surface area contributed by atoms with Crippen molar-refractivity contribution in [1.29, 1.82) is 0 Å². The number of hydrogen-bond acceptors (Lipinski definition) is 6. The number of nitrogen functional groups attached to an aromatic ring is 1. The molecular formula is C26H22ClF2N5O3. The molecule has 0 aliphatic rings. The lowest BCUT2D eigenvalue weighted by atomic mass is 10.0. The number of rotatable bonds is 8. The molecule has 8 nitrogen and oxygen atoms in total. The van der Waals surface area contributed by atoms with Crippen LogP contribution in [0.2, 0.25) is 5.02 Å². The molecule has 0 unspecified atom stereocenters. The Bertz CT molecular complexity index is 1480. The van der Waals surface area contributed by atoms with Crippen molar-refractivity contribution in [3.63, 3.8) is 0 Å². The number of pyridine rings is 1. The first-order chi connectivity index (χ1) is 17.7. The third kappa shape index (κ3) is 5.65. The van der Waals surface area contributed by atoms with E-state index in [-0.39, 0.29) is 58.1 Å². The maximum Gasteiger partial charge on any atom is 0.258 e. The number of hydrogen-bond donors (Lipinski definition) is 3. The van der Waals surface area contributed by atoms with Gasteiger partial charge in [-0.2, -0.15) is 5.10 Å². The van der Waals surface area contributed by atoms with Gasteiger partial charge < -0.3 is 16.2 Å². The summed E-state index contributed by atoms with van der Waals surface area (Å²) >= 11 is 6.27. The SMILES string of the molecule is C[C@H](CO)CC(=O)c1cc(NC(=O)c2cc(-c3nc(N)c(F)cc3F)ccc2Cl)n(-c2ccccc2)n1. The zero-order chi connectivity index (χ0) is 26.7. The molecule has 0 aliphatic heterocycles. The summed E-state index contributed by atoms with van der Waals surface area (Å²) in [7, 11) is 0. The van der Waals surface area contributed by atoms with Crippen molar-refractivity contribution < 1.29 is 23.5 Å². The van der Waals surface area contributed by atoms with Crippen LogP contribution in [0, 0.1) is 17.6 Å². The highest BCUT2D eigenvalue weighted by Gasteiger charge is 2.21. The minimum Gasteiger partial charge on any atom is -0.396 e. The number of nitrogens with zero attached hydrogens (tertiary/aromatic N) is 3. The number of halogens is 3. The van der Waals surface area contributed by atoms with E-state index in [1.807, 2.05) is 0 Å². The fourth-order valence-corrected chi connectivity index (χ4v) is 3.77. The summed E-state index contributed by atoms with van der Waals surface area (Å²) in [5.74, 6) is -3.48. The molecule has 0 saturated carbocycles. The van der Waals surface area contributed by atoms with Gasteiger partial charge in [0.05, 0.1) is 16.3 Å². The molecule has 4 N–H and O–H groups in total. The smallest absolute Gasteiger partial charge is 0.258 e. The number of aromatic nitrogens is 3. The molecule has 4 rings (SSSR count). The van der Waals surface area contributed by atoms with Crippen molar-refractivity contribution >= 4 is 34.9 Å². The standard InChI is InChI=1S/C26H22ClF2N5O3/c1-14(13-35)9-22(36)21-12-23(34(33-21)16-5-3-2-4-6-16)31-26(37)17-10-15(7-8-18(17)27)24-19(28)11-20(29)25(30)32-24/h2-8,10-12,14,35H,9,13H2,1H3,(H2,30,32)(H,31,37)/t14-/m0/s1. The van der Waals surface area contributed by atoms with Crippen LogP contribution in [0.15, 0.2) is 60.7 Å². The van der Waals surface area contributed by atoms with Crippen LogP contribution >= 0.6 is 11.6 Å². The second kappa shape index (κ2) is 10.9. The van der Waals surface area contributed by atoms with Gasteiger partial charge in [0.1, 0.15) is 17.2 Å². The highest BCUT2D eigenvalue weighted by molar-refractivity contribution is 6.34. The van der Waals surface area contributed by atoms with Crippen molar-refractivity contribution in [3.8, 4) is 16.9 Å². The van der Waals surface area contributed by atoms with E-state index < -0.39 is 23.4 Å². The molecule has 2 heterocycles. The van der Waals surface area contributed by atoms with Gasteiger partial charge in [-0.05, 0) is 30.2 Å². The van der Waals surface area contributed by atoms with Gasteiger partial charge in [0.25, 0.3) is 5.91 Å². The highest BCUT2D eigenvalue weighted by atomic mass is 35.5. The number of nitrogens with two attached hydrogens (primary N) is 1. The van der Waals surface area contributed by atoms with E-state index in [1.54, 1.807) is 37.3 Å². The van der Waals surface area contributed by atoms with Crippen LogP contribution in [0.25, 0.3) is 16.9 Å². The van der Waals surface area contributed by atoms with Crippen molar-refractivity contribution in [3.05, 3.63) is 88.6 Å². The molecular weight excluding hydrogens is 504 g/mol. The molecule has 0 saturated heterocycles. The van der Waals surface area contributed by atoms with Gasteiger partial charge in [0.2, 0.25) is 0 Å². The van der Waals surface area contributed by atoms with E-state index in [4.69, 9.17) is 17.3 Å². The lowest BCUT2D eigenvalue weighted by Gasteiger charge is -2.11. The predicted octanol–water partition coefficient (Wildman–Crippen LogP) is 4.90. The van der Waals surface area contributed by atoms with Gasteiger partial charge in [-0.1, -0.05) is 42.8 Å². The molecule has 0 fully saturated rings. The van der Waals surface area contributed by atoms with E-state index in [2.05, 4.69) is 15.4 Å². The summed E-state index contributed by atoms with van der Waals surface area (Å²) in [6, 6.07) is 15.0.